The Bertz CT molecular complexity index is 444. The van der Waals surface area contributed by atoms with Gasteiger partial charge in [0.05, 0.1) is 19.3 Å². The largest absolute Gasteiger partial charge is 0.464 e. The van der Waals surface area contributed by atoms with Crippen LogP contribution < -0.4 is 5.32 Å². The quantitative estimate of drug-likeness (QED) is 0.152. The zero-order valence-electron chi connectivity index (χ0n) is 21.2. The molecule has 0 rings (SSSR count). The van der Waals surface area contributed by atoms with Crippen LogP contribution in [0.25, 0.3) is 0 Å². The summed E-state index contributed by atoms with van der Waals surface area (Å²) < 4.78 is 10.2. The first kappa shape index (κ1) is 30.9. The van der Waals surface area contributed by atoms with E-state index in [1.54, 1.807) is 6.92 Å². The average Bonchev–Trinajstić information content (AvgIpc) is 2.78. The van der Waals surface area contributed by atoms with E-state index < -0.39 is 12.1 Å². The van der Waals surface area contributed by atoms with E-state index in [1.165, 1.54) is 64.2 Å². The Balaban J connectivity index is 3.86. The molecule has 0 aliphatic carbocycles. The summed E-state index contributed by atoms with van der Waals surface area (Å²) in [6.07, 6.45) is 17.3. The molecule has 2 N–H and O–H groups in total. The maximum atomic E-state index is 12.3. The highest BCUT2D eigenvalue weighted by Gasteiger charge is 2.19. The van der Waals surface area contributed by atoms with Gasteiger partial charge in [0.15, 0.2) is 0 Å². The van der Waals surface area contributed by atoms with Gasteiger partial charge in [-0.25, -0.2) is 4.79 Å². The third kappa shape index (κ3) is 19.5. The molecule has 2 atom stereocenters. The molecule has 0 saturated heterocycles. The van der Waals surface area contributed by atoms with Crippen molar-refractivity contribution in [3.05, 3.63) is 0 Å². The Kier molecular flexibility index (Phi) is 22.2. The highest BCUT2D eigenvalue weighted by Crippen LogP contribution is 2.13. The summed E-state index contributed by atoms with van der Waals surface area (Å²) in [6.45, 7) is 6.54. The van der Waals surface area contributed by atoms with Crippen molar-refractivity contribution in [2.24, 2.45) is 0 Å². The second-order valence-electron chi connectivity index (χ2n) is 8.86. The number of carbonyl (C=O) groups excluding carboxylic acids is 2. The van der Waals surface area contributed by atoms with Gasteiger partial charge in [-0.05, 0) is 19.8 Å². The maximum Gasteiger partial charge on any atom is 0.332 e. The van der Waals surface area contributed by atoms with E-state index in [4.69, 9.17) is 9.47 Å². The van der Waals surface area contributed by atoms with Crippen molar-refractivity contribution in [3.63, 3.8) is 0 Å². The fourth-order valence-corrected chi connectivity index (χ4v) is 3.74. The number of carbonyl (C=O) groups is 2. The molecule has 6 nitrogen and oxygen atoms in total. The van der Waals surface area contributed by atoms with Crippen molar-refractivity contribution < 1.29 is 24.2 Å². The van der Waals surface area contributed by atoms with Crippen molar-refractivity contribution in [1.82, 2.24) is 5.32 Å². The highest BCUT2D eigenvalue weighted by molar-refractivity contribution is 5.80. The number of rotatable bonds is 23. The van der Waals surface area contributed by atoms with E-state index in [1.807, 2.05) is 0 Å². The first-order chi connectivity index (χ1) is 15.5. The Morgan fingerprint density at radius 1 is 0.750 bits per heavy atom. The summed E-state index contributed by atoms with van der Waals surface area (Å²) in [7, 11) is 0. The van der Waals surface area contributed by atoms with E-state index >= 15 is 0 Å². The predicted molar refractivity (Wildman–Crippen MR) is 131 cm³/mol. The molecule has 0 aromatic heterocycles. The molecule has 6 heteroatoms. The van der Waals surface area contributed by atoms with E-state index in [0.717, 1.165) is 32.1 Å². The van der Waals surface area contributed by atoms with Gasteiger partial charge >= 0.3 is 5.97 Å². The number of unbranched alkanes of at least 4 members (excludes halogenated alkanes) is 12. The summed E-state index contributed by atoms with van der Waals surface area (Å²) in [5.74, 6) is -0.742. The number of nitrogens with one attached hydrogen (secondary N) is 1. The van der Waals surface area contributed by atoms with Crippen molar-refractivity contribution >= 4 is 11.9 Å². The Morgan fingerprint density at radius 2 is 1.28 bits per heavy atom. The smallest absolute Gasteiger partial charge is 0.332 e. The van der Waals surface area contributed by atoms with Crippen LogP contribution in [0.4, 0.5) is 0 Å². The molecule has 0 aliphatic heterocycles. The minimum Gasteiger partial charge on any atom is -0.464 e. The van der Waals surface area contributed by atoms with E-state index in [2.05, 4.69) is 19.2 Å². The SMILES string of the molecule is CCCCCCCCCCCCCC[C@H](O)C(=O)NC(CCCC)COCC(=O)OCC. The van der Waals surface area contributed by atoms with Crippen molar-refractivity contribution in [2.45, 2.75) is 136 Å². The molecule has 32 heavy (non-hydrogen) atoms. The summed E-state index contributed by atoms with van der Waals surface area (Å²) in [4.78, 5) is 23.7. The molecule has 0 spiro atoms. The Morgan fingerprint density at radius 3 is 1.81 bits per heavy atom. The van der Waals surface area contributed by atoms with Crippen LogP contribution in [-0.2, 0) is 19.1 Å². The lowest BCUT2D eigenvalue weighted by Crippen LogP contribution is -2.44. The number of aliphatic hydroxyl groups is 1. The topological polar surface area (TPSA) is 84.9 Å². The molecule has 1 unspecified atom stereocenters. The third-order valence-corrected chi connectivity index (χ3v) is 5.73. The predicted octanol–water partition coefficient (Wildman–Crippen LogP) is 5.69. The fraction of sp³-hybridized carbons (Fsp3) is 0.923. The molecule has 0 saturated carbocycles. The van der Waals surface area contributed by atoms with Crippen LogP contribution in [-0.4, -0.2) is 48.9 Å². The van der Waals surface area contributed by atoms with E-state index in [-0.39, 0.29) is 25.2 Å². The Labute approximate surface area is 197 Å². The lowest BCUT2D eigenvalue weighted by atomic mass is 10.0. The number of amides is 1. The maximum absolute atomic E-state index is 12.3. The lowest BCUT2D eigenvalue weighted by Gasteiger charge is -2.20. The van der Waals surface area contributed by atoms with Crippen LogP contribution in [0.3, 0.4) is 0 Å². The van der Waals surface area contributed by atoms with Gasteiger partial charge in [0.1, 0.15) is 12.7 Å². The van der Waals surface area contributed by atoms with Crippen molar-refractivity contribution in [1.29, 1.82) is 0 Å². The number of esters is 1. The van der Waals surface area contributed by atoms with Gasteiger partial charge in [-0.3, -0.25) is 4.79 Å². The zero-order chi connectivity index (χ0) is 23.9. The Hall–Kier alpha value is -1.14. The summed E-state index contributed by atoms with van der Waals surface area (Å²) in [5.41, 5.74) is 0. The van der Waals surface area contributed by atoms with Gasteiger partial charge in [-0.15, -0.1) is 0 Å². The number of hydrogen-bond donors (Lipinski definition) is 2. The molecular formula is C26H51NO5. The van der Waals surface area contributed by atoms with Crippen molar-refractivity contribution in [2.75, 3.05) is 19.8 Å². The average molecular weight is 458 g/mol. The molecule has 0 aromatic carbocycles. The molecule has 1 amide bonds. The van der Waals surface area contributed by atoms with Gasteiger partial charge < -0.3 is 19.9 Å². The molecule has 0 fully saturated rings. The summed E-state index contributed by atoms with van der Waals surface area (Å²) >= 11 is 0. The third-order valence-electron chi connectivity index (χ3n) is 5.73. The van der Waals surface area contributed by atoms with Gasteiger partial charge in [0, 0.05) is 0 Å². The highest BCUT2D eigenvalue weighted by atomic mass is 16.6. The molecule has 0 radical (unpaired) electrons. The second kappa shape index (κ2) is 23.0. The van der Waals surface area contributed by atoms with Crippen molar-refractivity contribution in [3.8, 4) is 0 Å². The summed E-state index contributed by atoms with van der Waals surface area (Å²) in [5, 5.41) is 13.1. The van der Waals surface area contributed by atoms with Crippen LogP contribution in [0.1, 0.15) is 124 Å². The molecular weight excluding hydrogens is 406 g/mol. The fourth-order valence-electron chi connectivity index (χ4n) is 3.74. The molecule has 0 aromatic rings. The van der Waals surface area contributed by atoms with Crippen LogP contribution in [0.15, 0.2) is 0 Å². The van der Waals surface area contributed by atoms with Gasteiger partial charge in [0.2, 0.25) is 5.91 Å². The number of ether oxygens (including phenoxy) is 2. The molecule has 0 bridgehead atoms. The minimum absolute atomic E-state index is 0.117. The number of aliphatic hydroxyl groups excluding tert-OH is 1. The zero-order valence-corrected chi connectivity index (χ0v) is 21.2. The van der Waals surface area contributed by atoms with Crippen LogP contribution >= 0.6 is 0 Å². The van der Waals surface area contributed by atoms with Gasteiger partial charge in [0.25, 0.3) is 0 Å². The van der Waals surface area contributed by atoms with Gasteiger partial charge in [-0.1, -0.05) is 104 Å². The monoisotopic (exact) mass is 457 g/mol. The first-order valence-electron chi connectivity index (χ1n) is 13.3. The molecule has 0 heterocycles. The molecule has 0 aliphatic rings. The standard InChI is InChI=1S/C26H51NO5/c1-4-7-9-10-11-12-13-14-15-16-17-18-20-24(28)26(30)27-23(19-8-5-2)21-31-22-25(29)32-6-3/h23-24,28H,4-22H2,1-3H3,(H,27,30)/t23?,24-/m0/s1. The van der Waals surface area contributed by atoms with Gasteiger partial charge in [-0.2, -0.15) is 0 Å². The molecule has 190 valence electrons. The van der Waals surface area contributed by atoms with Crippen LogP contribution in [0.5, 0.6) is 0 Å². The van der Waals surface area contributed by atoms with Crippen LogP contribution in [0, 0.1) is 0 Å². The first-order valence-corrected chi connectivity index (χ1v) is 13.3. The van der Waals surface area contributed by atoms with E-state index in [0.29, 0.717) is 13.0 Å². The van der Waals surface area contributed by atoms with E-state index in [9.17, 15) is 14.7 Å². The summed E-state index contributed by atoms with van der Waals surface area (Å²) in [6, 6.07) is -0.200. The van der Waals surface area contributed by atoms with Crippen LogP contribution in [0.2, 0.25) is 0 Å². The lowest BCUT2D eigenvalue weighted by molar-refractivity contribution is -0.148. The second-order valence-corrected chi connectivity index (χ2v) is 8.86. The number of hydrogen-bond acceptors (Lipinski definition) is 5. The minimum atomic E-state index is -0.979. The normalized spacial score (nSPS) is 13.0.